The first kappa shape index (κ1) is 15.9. The molecule has 0 aliphatic rings. The molecule has 21 heavy (non-hydrogen) atoms. The summed E-state index contributed by atoms with van der Waals surface area (Å²) in [5.41, 5.74) is 1.19. The van der Waals surface area contributed by atoms with Gasteiger partial charge < -0.3 is 14.8 Å². The molecule has 2 aromatic rings. The van der Waals surface area contributed by atoms with Crippen LogP contribution in [-0.4, -0.2) is 14.2 Å². The summed E-state index contributed by atoms with van der Waals surface area (Å²) in [4.78, 5) is 1.38. The van der Waals surface area contributed by atoms with Gasteiger partial charge in [-0.05, 0) is 35.1 Å². The Bertz CT molecular complexity index is 552. The lowest BCUT2D eigenvalue weighted by molar-refractivity contribution is 0.354. The summed E-state index contributed by atoms with van der Waals surface area (Å²) in [6.07, 6.45) is 0. The van der Waals surface area contributed by atoms with E-state index in [4.69, 9.17) is 9.47 Å². The standard InChI is InChI=1S/C17H23NO2S/c1-12(2)17(16-6-5-9-21-16)18-11-13-7-8-14(19-3)15(10-13)20-4/h5-10,12,17-18H,11H2,1-4H3. The Morgan fingerprint density at radius 2 is 1.86 bits per heavy atom. The molecule has 1 unspecified atom stereocenters. The Kier molecular flexibility index (Phi) is 5.65. The monoisotopic (exact) mass is 305 g/mol. The molecule has 114 valence electrons. The predicted molar refractivity (Wildman–Crippen MR) is 88.3 cm³/mol. The molecule has 0 aliphatic heterocycles. The molecule has 1 aromatic carbocycles. The van der Waals surface area contributed by atoms with Gasteiger partial charge in [0.15, 0.2) is 11.5 Å². The van der Waals surface area contributed by atoms with Crippen molar-refractivity contribution in [2.75, 3.05) is 14.2 Å². The molecule has 4 heteroatoms. The van der Waals surface area contributed by atoms with Crippen molar-refractivity contribution in [1.82, 2.24) is 5.32 Å². The minimum absolute atomic E-state index is 0.373. The zero-order valence-corrected chi connectivity index (χ0v) is 13.9. The molecular weight excluding hydrogens is 282 g/mol. The first-order valence-electron chi connectivity index (χ1n) is 7.13. The highest BCUT2D eigenvalue weighted by atomic mass is 32.1. The van der Waals surface area contributed by atoms with Gasteiger partial charge in [-0.25, -0.2) is 0 Å². The lowest BCUT2D eigenvalue weighted by Crippen LogP contribution is -2.24. The summed E-state index contributed by atoms with van der Waals surface area (Å²) in [6, 6.07) is 10.7. The van der Waals surface area contributed by atoms with E-state index in [-0.39, 0.29) is 0 Å². The van der Waals surface area contributed by atoms with Gasteiger partial charge in [0.25, 0.3) is 0 Å². The Balaban J connectivity index is 2.07. The van der Waals surface area contributed by atoms with Crippen LogP contribution in [0.2, 0.25) is 0 Å². The number of ether oxygens (including phenoxy) is 2. The molecule has 2 rings (SSSR count). The smallest absolute Gasteiger partial charge is 0.161 e. The van der Waals surface area contributed by atoms with Crippen LogP contribution in [0.25, 0.3) is 0 Å². The van der Waals surface area contributed by atoms with Crippen molar-refractivity contribution in [2.45, 2.75) is 26.4 Å². The van der Waals surface area contributed by atoms with Crippen molar-refractivity contribution in [3.05, 3.63) is 46.2 Å². The largest absolute Gasteiger partial charge is 0.493 e. The van der Waals surface area contributed by atoms with Gasteiger partial charge in [0.2, 0.25) is 0 Å². The third kappa shape index (κ3) is 3.99. The van der Waals surface area contributed by atoms with Crippen LogP contribution in [0.4, 0.5) is 0 Å². The molecule has 0 fully saturated rings. The third-order valence-corrected chi connectivity index (χ3v) is 4.45. The van der Waals surface area contributed by atoms with Gasteiger partial charge >= 0.3 is 0 Å². The Morgan fingerprint density at radius 1 is 1.10 bits per heavy atom. The van der Waals surface area contributed by atoms with E-state index in [1.165, 1.54) is 10.4 Å². The summed E-state index contributed by atoms with van der Waals surface area (Å²) >= 11 is 1.80. The first-order chi connectivity index (χ1) is 10.2. The van der Waals surface area contributed by atoms with Crippen LogP contribution in [0.3, 0.4) is 0 Å². The molecule has 1 heterocycles. The van der Waals surface area contributed by atoms with Gasteiger partial charge in [0.1, 0.15) is 0 Å². The van der Waals surface area contributed by atoms with Crippen LogP contribution in [0, 0.1) is 5.92 Å². The number of rotatable bonds is 7. The van der Waals surface area contributed by atoms with Crippen LogP contribution in [0.1, 0.15) is 30.3 Å². The van der Waals surface area contributed by atoms with Crippen LogP contribution in [-0.2, 0) is 6.54 Å². The average Bonchev–Trinajstić information content (AvgIpc) is 3.01. The highest BCUT2D eigenvalue weighted by molar-refractivity contribution is 7.10. The maximum Gasteiger partial charge on any atom is 0.161 e. The van der Waals surface area contributed by atoms with E-state index in [1.54, 1.807) is 25.6 Å². The number of methoxy groups -OCH3 is 2. The maximum atomic E-state index is 5.35. The minimum Gasteiger partial charge on any atom is -0.493 e. The van der Waals surface area contributed by atoms with Crippen molar-refractivity contribution >= 4 is 11.3 Å². The Morgan fingerprint density at radius 3 is 2.43 bits per heavy atom. The molecular formula is C17H23NO2S. The van der Waals surface area contributed by atoms with Crippen molar-refractivity contribution in [1.29, 1.82) is 0 Å². The van der Waals surface area contributed by atoms with Crippen molar-refractivity contribution in [3.63, 3.8) is 0 Å². The molecule has 3 nitrogen and oxygen atoms in total. The van der Waals surface area contributed by atoms with Crippen LogP contribution < -0.4 is 14.8 Å². The average molecular weight is 305 g/mol. The SMILES string of the molecule is COc1ccc(CNC(c2cccs2)C(C)C)cc1OC. The summed E-state index contributed by atoms with van der Waals surface area (Å²) in [5, 5.41) is 5.77. The summed E-state index contributed by atoms with van der Waals surface area (Å²) in [6.45, 7) is 5.29. The lowest BCUT2D eigenvalue weighted by atomic mass is 10.0. The second kappa shape index (κ2) is 7.48. The van der Waals surface area contributed by atoms with E-state index in [2.05, 4.69) is 42.7 Å². The van der Waals surface area contributed by atoms with Crippen molar-refractivity contribution in [2.24, 2.45) is 5.92 Å². The molecule has 0 saturated carbocycles. The van der Waals surface area contributed by atoms with E-state index >= 15 is 0 Å². The maximum absolute atomic E-state index is 5.35. The van der Waals surface area contributed by atoms with E-state index in [0.717, 1.165) is 18.0 Å². The molecule has 0 bridgehead atoms. The topological polar surface area (TPSA) is 30.5 Å². The van der Waals surface area contributed by atoms with Gasteiger partial charge in [0.05, 0.1) is 14.2 Å². The van der Waals surface area contributed by atoms with E-state index in [1.807, 2.05) is 12.1 Å². The number of thiophene rings is 1. The molecule has 1 atom stereocenters. The van der Waals surface area contributed by atoms with Crippen LogP contribution >= 0.6 is 11.3 Å². The highest BCUT2D eigenvalue weighted by Gasteiger charge is 2.16. The van der Waals surface area contributed by atoms with Gasteiger partial charge in [-0.1, -0.05) is 26.0 Å². The number of hydrogen-bond donors (Lipinski definition) is 1. The van der Waals surface area contributed by atoms with Crippen LogP contribution in [0.15, 0.2) is 35.7 Å². The highest BCUT2D eigenvalue weighted by Crippen LogP contribution is 2.29. The zero-order valence-electron chi connectivity index (χ0n) is 13.1. The lowest BCUT2D eigenvalue weighted by Gasteiger charge is -2.21. The number of nitrogens with one attached hydrogen (secondary N) is 1. The van der Waals surface area contributed by atoms with Crippen LogP contribution in [0.5, 0.6) is 11.5 Å². The summed E-state index contributed by atoms with van der Waals surface area (Å²) in [7, 11) is 3.32. The Labute approximate surface area is 130 Å². The van der Waals surface area contributed by atoms with Gasteiger partial charge in [-0.2, -0.15) is 0 Å². The molecule has 0 radical (unpaired) electrons. The first-order valence-corrected chi connectivity index (χ1v) is 8.01. The zero-order chi connectivity index (χ0) is 15.2. The van der Waals surface area contributed by atoms with Crippen molar-refractivity contribution < 1.29 is 9.47 Å². The third-order valence-electron chi connectivity index (χ3n) is 3.49. The second-order valence-corrected chi connectivity index (χ2v) is 6.29. The number of benzene rings is 1. The van der Waals surface area contributed by atoms with E-state index in [9.17, 15) is 0 Å². The fourth-order valence-corrected chi connectivity index (χ4v) is 3.32. The summed E-state index contributed by atoms with van der Waals surface area (Å²) in [5.74, 6) is 2.08. The molecule has 0 aliphatic carbocycles. The van der Waals surface area contributed by atoms with Gasteiger partial charge in [-0.3, -0.25) is 0 Å². The Hall–Kier alpha value is -1.52. The number of hydrogen-bond acceptors (Lipinski definition) is 4. The summed E-state index contributed by atoms with van der Waals surface area (Å²) < 4.78 is 10.6. The van der Waals surface area contributed by atoms with Crippen molar-refractivity contribution in [3.8, 4) is 11.5 Å². The fourth-order valence-electron chi connectivity index (χ4n) is 2.35. The molecule has 1 aromatic heterocycles. The second-order valence-electron chi connectivity index (χ2n) is 5.31. The molecule has 0 amide bonds. The molecule has 1 N–H and O–H groups in total. The molecule has 0 spiro atoms. The van der Waals surface area contributed by atoms with Gasteiger partial charge in [-0.15, -0.1) is 11.3 Å². The fraction of sp³-hybridized carbons (Fsp3) is 0.412. The molecule has 0 saturated heterocycles. The quantitative estimate of drug-likeness (QED) is 0.829. The van der Waals surface area contributed by atoms with Gasteiger partial charge in [0, 0.05) is 17.5 Å². The minimum atomic E-state index is 0.373. The van der Waals surface area contributed by atoms with E-state index in [0.29, 0.717) is 12.0 Å². The normalized spacial score (nSPS) is 12.4. The predicted octanol–water partition coefficient (Wildman–Crippen LogP) is 4.25. The van der Waals surface area contributed by atoms with E-state index < -0.39 is 0 Å².